The zero-order chi connectivity index (χ0) is 28.3. The van der Waals surface area contributed by atoms with E-state index < -0.39 is 17.6 Å². The van der Waals surface area contributed by atoms with E-state index in [4.69, 9.17) is 4.74 Å². The van der Waals surface area contributed by atoms with Gasteiger partial charge in [-0.2, -0.15) is 13.2 Å². The number of amides is 1. The Labute approximate surface area is 231 Å². The number of benzene rings is 3. The number of pyridine rings is 1. The minimum atomic E-state index is -4.59. The molecule has 3 aromatic carbocycles. The Hall–Kier alpha value is -4.35. The summed E-state index contributed by atoms with van der Waals surface area (Å²) in [4.78, 5) is 19.6. The van der Waals surface area contributed by atoms with E-state index in [1.807, 2.05) is 44.3 Å². The second-order valence-corrected chi connectivity index (χ2v) is 9.98. The molecule has 1 fully saturated rings. The highest BCUT2D eigenvalue weighted by atomic mass is 19.4. The molecule has 1 amide bonds. The number of carbonyl (C=O) groups is 1. The zero-order valence-electron chi connectivity index (χ0n) is 22.2. The zero-order valence-corrected chi connectivity index (χ0v) is 22.2. The van der Waals surface area contributed by atoms with Gasteiger partial charge >= 0.3 is 6.18 Å². The van der Waals surface area contributed by atoms with E-state index in [1.54, 1.807) is 24.4 Å². The van der Waals surface area contributed by atoms with Crippen LogP contribution in [0.1, 0.15) is 45.5 Å². The van der Waals surface area contributed by atoms with Gasteiger partial charge in [0.25, 0.3) is 5.91 Å². The fourth-order valence-corrected chi connectivity index (χ4v) is 4.68. The number of fused-ring (bicyclic) bond motifs is 1. The van der Waals surface area contributed by atoms with Gasteiger partial charge in [-0.3, -0.25) is 9.78 Å². The summed E-state index contributed by atoms with van der Waals surface area (Å²) in [5.74, 6) is 5.70. The molecular weight excluding hydrogens is 515 g/mol. The number of likely N-dealkylation sites (tertiary alicyclic amines) is 1. The van der Waals surface area contributed by atoms with Crippen LogP contribution in [0.3, 0.4) is 0 Å². The second-order valence-electron chi connectivity index (χ2n) is 9.98. The number of nitrogens with zero attached hydrogens (tertiary/aromatic N) is 2. The number of aryl methyl sites for hydroxylation is 1. The van der Waals surface area contributed by atoms with Crippen LogP contribution < -0.4 is 10.1 Å². The molecule has 4 aromatic rings. The highest BCUT2D eigenvalue weighted by Crippen LogP contribution is 2.34. The van der Waals surface area contributed by atoms with E-state index in [-0.39, 0.29) is 29.6 Å². The summed E-state index contributed by atoms with van der Waals surface area (Å²) in [5, 5.41) is 3.57. The summed E-state index contributed by atoms with van der Waals surface area (Å²) in [5.41, 5.74) is 2.49. The lowest BCUT2D eigenvalue weighted by atomic mass is 10.0. The van der Waals surface area contributed by atoms with Gasteiger partial charge in [-0.15, -0.1) is 0 Å². The first-order valence-corrected chi connectivity index (χ1v) is 13.0. The van der Waals surface area contributed by atoms with Crippen LogP contribution in [0.4, 0.5) is 18.9 Å². The fourth-order valence-electron chi connectivity index (χ4n) is 4.68. The number of carbonyl (C=O) groups excluding carboxylic acids is 1. The molecule has 2 heterocycles. The van der Waals surface area contributed by atoms with Crippen molar-refractivity contribution in [3.63, 3.8) is 0 Å². The number of hydrogen-bond donors (Lipinski definition) is 1. The highest BCUT2D eigenvalue weighted by molar-refractivity contribution is 6.04. The average Bonchev–Trinajstić information content (AvgIpc) is 3.35. The molecule has 1 aliphatic rings. The molecule has 0 spiro atoms. The topological polar surface area (TPSA) is 54.5 Å². The first kappa shape index (κ1) is 27.2. The van der Waals surface area contributed by atoms with Gasteiger partial charge in [0.1, 0.15) is 12.4 Å². The monoisotopic (exact) mass is 543 g/mol. The number of alkyl halides is 3. The van der Waals surface area contributed by atoms with Gasteiger partial charge in [0, 0.05) is 46.1 Å². The fraction of sp³-hybridized carbons (Fsp3) is 0.250. The van der Waals surface area contributed by atoms with Crippen LogP contribution in [0, 0.1) is 18.8 Å². The number of likely N-dealkylation sites (N-methyl/N-ethyl adjacent to an activating group) is 1. The summed E-state index contributed by atoms with van der Waals surface area (Å²) < 4.78 is 46.6. The summed E-state index contributed by atoms with van der Waals surface area (Å²) >= 11 is 0. The first-order chi connectivity index (χ1) is 19.2. The van der Waals surface area contributed by atoms with Crippen LogP contribution >= 0.6 is 0 Å². The van der Waals surface area contributed by atoms with E-state index in [0.29, 0.717) is 5.56 Å². The molecule has 1 atom stereocenters. The number of ether oxygens (including phenoxy) is 1. The molecule has 0 unspecified atom stereocenters. The molecule has 5 nitrogen and oxygen atoms in total. The lowest BCUT2D eigenvalue weighted by Gasteiger charge is -2.20. The van der Waals surface area contributed by atoms with E-state index in [1.165, 1.54) is 6.07 Å². The van der Waals surface area contributed by atoms with Crippen molar-refractivity contribution in [3.8, 4) is 17.6 Å². The van der Waals surface area contributed by atoms with Crippen LogP contribution in [-0.2, 0) is 6.18 Å². The molecule has 40 heavy (non-hydrogen) atoms. The largest absolute Gasteiger partial charge is 0.492 e. The lowest BCUT2D eigenvalue weighted by Crippen LogP contribution is -2.30. The molecule has 204 valence electrons. The number of aromatic nitrogens is 1. The lowest BCUT2D eigenvalue weighted by molar-refractivity contribution is -0.137. The maximum absolute atomic E-state index is 13.6. The van der Waals surface area contributed by atoms with Gasteiger partial charge in [-0.05, 0) is 75.3 Å². The molecule has 0 saturated carbocycles. The molecule has 1 saturated heterocycles. The number of nitrogens with one attached hydrogen (secondary N) is 1. The second kappa shape index (κ2) is 11.4. The van der Waals surface area contributed by atoms with Gasteiger partial charge in [0.2, 0.25) is 0 Å². The van der Waals surface area contributed by atoms with Gasteiger partial charge in [0.05, 0.1) is 11.1 Å². The van der Waals surface area contributed by atoms with Crippen LogP contribution in [-0.4, -0.2) is 42.0 Å². The third-order valence-electron chi connectivity index (χ3n) is 7.04. The summed E-state index contributed by atoms with van der Waals surface area (Å²) in [6, 6.07) is 18.1. The smallest absolute Gasteiger partial charge is 0.416 e. The molecule has 1 N–H and O–H groups in total. The van der Waals surface area contributed by atoms with Gasteiger partial charge in [0.15, 0.2) is 0 Å². The highest BCUT2D eigenvalue weighted by Gasteiger charge is 2.32. The SMILES string of the molecule is Cc1ccc(C(=O)Nc2cc(OC[C@@H]3CCCN3C)cc(C(F)(F)F)c2)cc1C#Cc1cnc2ccccc2c1. The van der Waals surface area contributed by atoms with Crippen LogP contribution in [0.5, 0.6) is 5.75 Å². The Morgan fingerprint density at radius 3 is 2.70 bits per heavy atom. The Balaban J connectivity index is 1.36. The maximum Gasteiger partial charge on any atom is 0.416 e. The molecule has 5 rings (SSSR count). The Bertz CT molecular complexity index is 1620. The van der Waals surface area contributed by atoms with E-state index in [2.05, 4.69) is 27.0 Å². The van der Waals surface area contributed by atoms with Crippen molar-refractivity contribution in [2.24, 2.45) is 0 Å². The van der Waals surface area contributed by atoms with Crippen LogP contribution in [0.2, 0.25) is 0 Å². The normalized spacial score (nSPS) is 15.5. The van der Waals surface area contributed by atoms with Crippen LogP contribution in [0.25, 0.3) is 10.9 Å². The summed E-state index contributed by atoms with van der Waals surface area (Å²) in [6.45, 7) is 3.08. The first-order valence-electron chi connectivity index (χ1n) is 13.0. The molecule has 1 aliphatic heterocycles. The van der Waals surface area contributed by atoms with Crippen molar-refractivity contribution in [3.05, 3.63) is 101 Å². The molecule has 1 aromatic heterocycles. The van der Waals surface area contributed by atoms with E-state index >= 15 is 0 Å². The third kappa shape index (κ3) is 6.44. The Morgan fingerprint density at radius 2 is 1.93 bits per heavy atom. The number of rotatable bonds is 5. The summed E-state index contributed by atoms with van der Waals surface area (Å²) in [6.07, 6.45) is -0.946. The van der Waals surface area contributed by atoms with Gasteiger partial charge in [-0.1, -0.05) is 36.1 Å². The van der Waals surface area contributed by atoms with Crippen molar-refractivity contribution in [1.82, 2.24) is 9.88 Å². The average molecular weight is 544 g/mol. The molecule has 8 heteroatoms. The number of hydrogen-bond acceptors (Lipinski definition) is 4. The van der Waals surface area contributed by atoms with Crippen molar-refractivity contribution in [2.75, 3.05) is 25.5 Å². The van der Waals surface area contributed by atoms with Crippen molar-refractivity contribution in [1.29, 1.82) is 0 Å². The third-order valence-corrected chi connectivity index (χ3v) is 7.04. The Morgan fingerprint density at radius 1 is 1.10 bits per heavy atom. The minimum absolute atomic E-state index is 0.00467. The van der Waals surface area contributed by atoms with Crippen molar-refractivity contribution in [2.45, 2.75) is 32.0 Å². The van der Waals surface area contributed by atoms with Crippen molar-refractivity contribution >= 4 is 22.5 Å². The molecule has 0 bridgehead atoms. The Kier molecular flexibility index (Phi) is 7.76. The van der Waals surface area contributed by atoms with Crippen LogP contribution in [0.15, 0.2) is 72.9 Å². The predicted molar refractivity (Wildman–Crippen MR) is 149 cm³/mol. The van der Waals surface area contributed by atoms with Gasteiger partial charge < -0.3 is 15.0 Å². The number of halogens is 3. The minimum Gasteiger partial charge on any atom is -0.492 e. The standard InChI is InChI=1S/C32H28F3N3O2/c1-21-9-11-25(15-23(21)12-10-22-14-24-6-3-4-8-30(24)36-19-22)31(39)37-27-16-26(32(33,34)35)17-29(18-27)40-20-28-7-5-13-38(28)2/h3-4,6,8-9,11,14-19,28H,5,7,13,20H2,1-2H3,(H,37,39)/t28-/m0/s1. The van der Waals surface area contributed by atoms with Gasteiger partial charge in [-0.25, -0.2) is 0 Å². The van der Waals surface area contributed by atoms with Crippen molar-refractivity contribution < 1.29 is 22.7 Å². The molecule has 0 aliphatic carbocycles. The van der Waals surface area contributed by atoms with E-state index in [9.17, 15) is 18.0 Å². The quantitative estimate of drug-likeness (QED) is 0.285. The number of anilines is 1. The number of para-hydroxylation sites is 1. The van der Waals surface area contributed by atoms with E-state index in [0.717, 1.165) is 53.5 Å². The molecular formula is C32H28F3N3O2. The summed E-state index contributed by atoms with van der Waals surface area (Å²) in [7, 11) is 1.97. The predicted octanol–water partition coefficient (Wildman–Crippen LogP) is 6.69. The maximum atomic E-state index is 13.6. The molecule has 0 radical (unpaired) electrons.